The van der Waals surface area contributed by atoms with E-state index in [2.05, 4.69) is 4.72 Å². The molecule has 0 radical (unpaired) electrons. The van der Waals surface area contributed by atoms with Gasteiger partial charge < -0.3 is 4.90 Å². The molecular weight excluding hydrogens is 324 g/mol. The highest BCUT2D eigenvalue weighted by Crippen LogP contribution is 2.32. The lowest BCUT2D eigenvalue weighted by Crippen LogP contribution is -2.25. The first-order valence-corrected chi connectivity index (χ1v) is 9.33. The number of nitrogens with one attached hydrogen (secondary N) is 1. The summed E-state index contributed by atoms with van der Waals surface area (Å²) in [6.07, 6.45) is 0.308. The Balaban J connectivity index is 1.92. The lowest BCUT2D eigenvalue weighted by molar-refractivity contribution is -0.117. The molecule has 0 aromatic heterocycles. The van der Waals surface area contributed by atoms with E-state index in [4.69, 9.17) is 0 Å². The molecule has 5 nitrogen and oxygen atoms in total. The van der Waals surface area contributed by atoms with Crippen LogP contribution in [0.5, 0.6) is 0 Å². The summed E-state index contributed by atoms with van der Waals surface area (Å²) in [5, 5.41) is 0. The normalized spacial score (nSPS) is 14.0. The first kappa shape index (κ1) is 16.5. The number of sulfonamides is 1. The summed E-state index contributed by atoms with van der Waals surface area (Å²) >= 11 is 0. The Morgan fingerprint density at radius 3 is 2.54 bits per heavy atom. The number of fused-ring (bicyclic) bond motifs is 1. The molecule has 6 heteroatoms. The molecule has 0 atom stereocenters. The van der Waals surface area contributed by atoms with Crippen LogP contribution in [0.15, 0.2) is 41.3 Å². The van der Waals surface area contributed by atoms with Crippen LogP contribution in [0.25, 0.3) is 0 Å². The van der Waals surface area contributed by atoms with Gasteiger partial charge in [0.25, 0.3) is 10.0 Å². The van der Waals surface area contributed by atoms with Gasteiger partial charge in [-0.25, -0.2) is 8.42 Å². The molecule has 0 saturated carbocycles. The van der Waals surface area contributed by atoms with E-state index < -0.39 is 10.0 Å². The fraction of sp³-hybridized carbons (Fsp3) is 0.278. The molecule has 1 N–H and O–H groups in total. The van der Waals surface area contributed by atoms with Crippen molar-refractivity contribution in [2.75, 3.05) is 16.2 Å². The van der Waals surface area contributed by atoms with Crippen molar-refractivity contribution in [1.29, 1.82) is 0 Å². The number of benzene rings is 2. The summed E-state index contributed by atoms with van der Waals surface area (Å²) in [4.78, 5) is 13.9. The molecular formula is C18H20N2O3S. The summed E-state index contributed by atoms with van der Waals surface area (Å²) in [5.74, 6) is 0.0434. The van der Waals surface area contributed by atoms with Gasteiger partial charge in [0.15, 0.2) is 0 Å². The van der Waals surface area contributed by atoms with Gasteiger partial charge in [-0.15, -0.1) is 0 Å². The molecule has 0 bridgehead atoms. The molecule has 0 fully saturated rings. The number of carbonyl (C=O) groups is 1. The van der Waals surface area contributed by atoms with Crippen molar-refractivity contribution in [1.82, 2.24) is 0 Å². The Labute approximate surface area is 142 Å². The lowest BCUT2D eigenvalue weighted by Gasteiger charge is -2.15. The highest BCUT2D eigenvalue weighted by Gasteiger charge is 2.26. The smallest absolute Gasteiger partial charge is 0.262 e. The van der Waals surface area contributed by atoms with Crippen molar-refractivity contribution >= 4 is 27.3 Å². The minimum Gasteiger partial charge on any atom is -0.312 e. The number of hydrogen-bond donors (Lipinski definition) is 1. The van der Waals surface area contributed by atoms with Gasteiger partial charge in [0.2, 0.25) is 5.91 Å². The maximum atomic E-state index is 12.6. The summed E-state index contributed by atoms with van der Waals surface area (Å²) in [6, 6.07) is 10.5. The maximum absolute atomic E-state index is 12.6. The van der Waals surface area contributed by atoms with Crippen LogP contribution in [0.3, 0.4) is 0 Å². The van der Waals surface area contributed by atoms with Crippen LogP contribution >= 0.6 is 0 Å². The number of hydrogen-bond acceptors (Lipinski definition) is 3. The fourth-order valence-electron chi connectivity index (χ4n) is 3.10. The number of rotatable bonds is 4. The topological polar surface area (TPSA) is 66.5 Å². The van der Waals surface area contributed by atoms with Gasteiger partial charge in [-0.05, 0) is 56.2 Å². The predicted molar refractivity (Wildman–Crippen MR) is 94.9 cm³/mol. The molecule has 0 spiro atoms. The standard InChI is InChI=1S/C18H20N2O3S/c1-4-20-16-7-6-15(10-14(16)11-18(20)21)19-24(22,23)17-8-5-12(2)9-13(17)3/h5-10,19H,4,11H2,1-3H3. The molecule has 24 heavy (non-hydrogen) atoms. The van der Waals surface area contributed by atoms with Crippen LogP contribution in [0, 0.1) is 13.8 Å². The molecule has 0 aliphatic carbocycles. The van der Waals surface area contributed by atoms with Gasteiger partial charge in [0, 0.05) is 17.9 Å². The van der Waals surface area contributed by atoms with Gasteiger partial charge in [-0.2, -0.15) is 0 Å². The van der Waals surface area contributed by atoms with Crippen molar-refractivity contribution < 1.29 is 13.2 Å². The Morgan fingerprint density at radius 2 is 1.88 bits per heavy atom. The highest BCUT2D eigenvalue weighted by atomic mass is 32.2. The molecule has 0 unspecified atom stereocenters. The Bertz CT molecular complexity index is 920. The van der Waals surface area contributed by atoms with E-state index >= 15 is 0 Å². The summed E-state index contributed by atoms with van der Waals surface area (Å²) < 4.78 is 27.9. The number of amides is 1. The van der Waals surface area contributed by atoms with Crippen LogP contribution in [0.4, 0.5) is 11.4 Å². The van der Waals surface area contributed by atoms with Gasteiger partial charge in [-0.1, -0.05) is 17.7 Å². The van der Waals surface area contributed by atoms with Gasteiger partial charge >= 0.3 is 0 Å². The fourth-order valence-corrected chi connectivity index (χ4v) is 4.38. The summed E-state index contributed by atoms with van der Waals surface area (Å²) in [5.41, 5.74) is 3.90. The van der Waals surface area contributed by atoms with Crippen molar-refractivity contribution in [2.45, 2.75) is 32.1 Å². The first-order valence-electron chi connectivity index (χ1n) is 7.85. The highest BCUT2D eigenvalue weighted by molar-refractivity contribution is 7.92. The van der Waals surface area contributed by atoms with Gasteiger partial charge in [0.1, 0.15) is 0 Å². The Morgan fingerprint density at radius 1 is 1.12 bits per heavy atom. The molecule has 3 rings (SSSR count). The molecule has 2 aromatic rings. The summed E-state index contributed by atoms with van der Waals surface area (Å²) in [7, 11) is -3.66. The summed E-state index contributed by atoms with van der Waals surface area (Å²) in [6.45, 7) is 6.24. The minimum atomic E-state index is -3.66. The van der Waals surface area contributed by atoms with E-state index in [0.717, 1.165) is 16.8 Å². The minimum absolute atomic E-state index is 0.0434. The van der Waals surface area contributed by atoms with E-state index in [1.165, 1.54) is 0 Å². The molecule has 126 valence electrons. The second-order valence-electron chi connectivity index (χ2n) is 6.03. The van der Waals surface area contributed by atoms with Gasteiger partial charge in [0.05, 0.1) is 11.3 Å². The quantitative estimate of drug-likeness (QED) is 0.927. The molecule has 1 amide bonds. The van der Waals surface area contributed by atoms with E-state index in [9.17, 15) is 13.2 Å². The van der Waals surface area contributed by atoms with Crippen molar-refractivity contribution in [2.24, 2.45) is 0 Å². The second-order valence-corrected chi connectivity index (χ2v) is 7.68. The zero-order valence-corrected chi connectivity index (χ0v) is 14.8. The number of anilines is 2. The second kappa shape index (κ2) is 5.94. The third-order valence-corrected chi connectivity index (χ3v) is 5.74. The number of carbonyl (C=O) groups excluding carboxylic acids is 1. The zero-order valence-electron chi connectivity index (χ0n) is 14.0. The van der Waals surface area contributed by atoms with Crippen molar-refractivity contribution in [3.8, 4) is 0 Å². The van der Waals surface area contributed by atoms with E-state index in [-0.39, 0.29) is 10.8 Å². The number of aryl methyl sites for hydroxylation is 2. The number of nitrogens with zero attached hydrogens (tertiary/aromatic N) is 1. The van der Waals surface area contributed by atoms with Crippen LogP contribution in [0.1, 0.15) is 23.6 Å². The largest absolute Gasteiger partial charge is 0.312 e. The van der Waals surface area contributed by atoms with Crippen molar-refractivity contribution in [3.05, 3.63) is 53.1 Å². The van der Waals surface area contributed by atoms with Gasteiger partial charge in [-0.3, -0.25) is 9.52 Å². The Kier molecular flexibility index (Phi) is 4.09. The van der Waals surface area contributed by atoms with Crippen LogP contribution in [-0.2, 0) is 21.2 Å². The van der Waals surface area contributed by atoms with E-state index in [1.807, 2.05) is 19.9 Å². The van der Waals surface area contributed by atoms with E-state index in [1.54, 1.807) is 42.2 Å². The number of likely N-dealkylation sites (N-methyl/N-ethyl adjacent to an activating group) is 1. The van der Waals surface area contributed by atoms with Crippen LogP contribution in [-0.4, -0.2) is 20.9 Å². The Hall–Kier alpha value is -2.34. The third kappa shape index (κ3) is 2.89. The van der Waals surface area contributed by atoms with E-state index in [0.29, 0.717) is 24.2 Å². The average Bonchev–Trinajstić information content (AvgIpc) is 2.80. The maximum Gasteiger partial charge on any atom is 0.262 e. The molecule has 2 aromatic carbocycles. The average molecular weight is 344 g/mol. The SMILES string of the molecule is CCN1C(=O)Cc2cc(NS(=O)(=O)c3ccc(C)cc3C)ccc21. The zero-order chi connectivity index (χ0) is 17.5. The monoisotopic (exact) mass is 344 g/mol. The van der Waals surface area contributed by atoms with Crippen LogP contribution < -0.4 is 9.62 Å². The molecule has 0 saturated heterocycles. The molecule has 1 aliphatic rings. The first-order chi connectivity index (χ1) is 11.3. The third-order valence-electron chi connectivity index (χ3n) is 4.20. The molecule has 1 aliphatic heterocycles. The molecule has 1 heterocycles. The lowest BCUT2D eigenvalue weighted by atomic mass is 10.1. The van der Waals surface area contributed by atoms with Crippen LogP contribution in [0.2, 0.25) is 0 Å². The predicted octanol–water partition coefficient (Wildman–Crippen LogP) is 3.01. The van der Waals surface area contributed by atoms with Crippen molar-refractivity contribution in [3.63, 3.8) is 0 Å².